The summed E-state index contributed by atoms with van der Waals surface area (Å²) in [6, 6.07) is 40.5. The molecule has 0 heterocycles. The lowest BCUT2D eigenvalue weighted by Gasteiger charge is -2.25. The van der Waals surface area contributed by atoms with E-state index >= 15 is 0 Å². The third-order valence-electron chi connectivity index (χ3n) is 5.71. The number of hydrogen-bond acceptors (Lipinski definition) is 3. The number of benzene rings is 4. The maximum Gasteiger partial charge on any atom is 0.118 e. The molecule has 0 bridgehead atoms. The Balaban J connectivity index is 1.51. The fourth-order valence-corrected chi connectivity index (χ4v) is 3.93. The second-order valence-corrected chi connectivity index (χ2v) is 7.85. The molecule has 2 N–H and O–H groups in total. The Morgan fingerprint density at radius 1 is 0.594 bits per heavy atom. The average molecular weight is 423 g/mol. The number of methoxy groups -OCH3 is 1. The maximum atomic E-state index is 5.28. The van der Waals surface area contributed by atoms with E-state index in [1.54, 1.807) is 7.11 Å². The number of rotatable bonds is 10. The molecular formula is C29H30N2O. The zero-order valence-electron chi connectivity index (χ0n) is 18.4. The van der Waals surface area contributed by atoms with Gasteiger partial charge in [0.15, 0.2) is 0 Å². The van der Waals surface area contributed by atoms with Crippen LogP contribution in [0.5, 0.6) is 5.75 Å². The van der Waals surface area contributed by atoms with E-state index in [1.165, 1.54) is 22.3 Å². The van der Waals surface area contributed by atoms with Crippen LogP contribution in [0.4, 0.5) is 0 Å². The number of ether oxygens (including phenoxy) is 1. The van der Waals surface area contributed by atoms with Gasteiger partial charge in [-0.1, -0.05) is 103 Å². The first-order chi connectivity index (χ1) is 15.8. The Labute approximate surface area is 191 Å². The molecule has 0 saturated heterocycles. The van der Waals surface area contributed by atoms with Crippen molar-refractivity contribution in [1.82, 2.24) is 10.6 Å². The molecule has 0 aromatic heterocycles. The van der Waals surface area contributed by atoms with Crippen LogP contribution in [0.25, 0.3) is 0 Å². The molecule has 0 aliphatic rings. The molecule has 162 valence electrons. The molecule has 0 radical (unpaired) electrons. The molecule has 0 unspecified atom stereocenters. The molecule has 0 amide bonds. The summed E-state index contributed by atoms with van der Waals surface area (Å²) in [7, 11) is 1.69. The van der Waals surface area contributed by atoms with E-state index in [0.717, 1.165) is 18.8 Å². The quantitative estimate of drug-likeness (QED) is 0.334. The minimum absolute atomic E-state index is 0.131. The van der Waals surface area contributed by atoms with Gasteiger partial charge in [-0.2, -0.15) is 0 Å². The van der Waals surface area contributed by atoms with Gasteiger partial charge in [0.25, 0.3) is 0 Å². The van der Waals surface area contributed by atoms with Crippen LogP contribution in [-0.2, 0) is 6.54 Å². The fourth-order valence-electron chi connectivity index (χ4n) is 3.93. The van der Waals surface area contributed by atoms with Crippen LogP contribution < -0.4 is 15.4 Å². The van der Waals surface area contributed by atoms with Crippen molar-refractivity contribution >= 4 is 0 Å². The summed E-state index contributed by atoms with van der Waals surface area (Å²) in [4.78, 5) is 0. The van der Waals surface area contributed by atoms with Crippen molar-refractivity contribution in [1.29, 1.82) is 0 Å². The van der Waals surface area contributed by atoms with Gasteiger partial charge >= 0.3 is 0 Å². The predicted molar refractivity (Wildman–Crippen MR) is 132 cm³/mol. The minimum atomic E-state index is 0.131. The standard InChI is InChI=1S/C29H30N2O/c1-32-27-19-17-23(18-20-27)21-30-28(24-11-5-2-6-12-24)22-31-29(25-13-7-3-8-14-25)26-15-9-4-10-16-26/h2-20,28-31H,21-22H2,1H3/t28-/m0/s1. The second-order valence-electron chi connectivity index (χ2n) is 7.85. The zero-order valence-corrected chi connectivity index (χ0v) is 18.4. The van der Waals surface area contributed by atoms with Crippen LogP contribution in [0.15, 0.2) is 115 Å². The summed E-state index contributed by atoms with van der Waals surface area (Å²) in [6.07, 6.45) is 0. The van der Waals surface area contributed by atoms with Gasteiger partial charge in [-0.05, 0) is 34.4 Å². The number of nitrogens with one attached hydrogen (secondary N) is 2. The molecule has 0 aliphatic carbocycles. The highest BCUT2D eigenvalue weighted by molar-refractivity contribution is 5.32. The van der Waals surface area contributed by atoms with Crippen molar-refractivity contribution in [2.24, 2.45) is 0 Å². The summed E-state index contributed by atoms with van der Waals surface area (Å²) in [6.45, 7) is 1.58. The van der Waals surface area contributed by atoms with Crippen LogP contribution in [0.1, 0.15) is 34.3 Å². The molecule has 0 saturated carbocycles. The summed E-state index contributed by atoms with van der Waals surface area (Å²) < 4.78 is 5.28. The van der Waals surface area contributed by atoms with E-state index in [-0.39, 0.29) is 12.1 Å². The van der Waals surface area contributed by atoms with Gasteiger partial charge < -0.3 is 15.4 Å². The van der Waals surface area contributed by atoms with Crippen molar-refractivity contribution in [2.45, 2.75) is 18.6 Å². The Morgan fingerprint density at radius 2 is 1.09 bits per heavy atom. The Hall–Kier alpha value is -3.40. The topological polar surface area (TPSA) is 33.3 Å². The molecule has 4 aromatic carbocycles. The van der Waals surface area contributed by atoms with Crippen molar-refractivity contribution in [3.8, 4) is 5.75 Å². The molecule has 4 rings (SSSR count). The normalized spacial score (nSPS) is 11.9. The molecule has 3 nitrogen and oxygen atoms in total. The summed E-state index contributed by atoms with van der Waals surface area (Å²) in [5, 5.41) is 7.57. The van der Waals surface area contributed by atoms with E-state index < -0.39 is 0 Å². The largest absolute Gasteiger partial charge is 0.497 e. The molecule has 32 heavy (non-hydrogen) atoms. The molecule has 0 spiro atoms. The van der Waals surface area contributed by atoms with Crippen molar-refractivity contribution in [3.63, 3.8) is 0 Å². The predicted octanol–water partition coefficient (Wildman–Crippen LogP) is 5.91. The third-order valence-corrected chi connectivity index (χ3v) is 5.71. The fraction of sp³-hybridized carbons (Fsp3) is 0.172. The van der Waals surface area contributed by atoms with Gasteiger partial charge in [-0.25, -0.2) is 0 Å². The van der Waals surface area contributed by atoms with E-state index in [0.29, 0.717) is 0 Å². The van der Waals surface area contributed by atoms with E-state index in [4.69, 9.17) is 4.74 Å². The van der Waals surface area contributed by atoms with Gasteiger partial charge in [0.1, 0.15) is 5.75 Å². The third kappa shape index (κ3) is 5.85. The smallest absolute Gasteiger partial charge is 0.118 e. The van der Waals surface area contributed by atoms with Crippen LogP contribution in [0.3, 0.4) is 0 Å². The Morgan fingerprint density at radius 3 is 1.59 bits per heavy atom. The first kappa shape index (κ1) is 21.8. The molecule has 0 aliphatic heterocycles. The highest BCUT2D eigenvalue weighted by Gasteiger charge is 2.17. The molecule has 0 fully saturated rings. The summed E-state index contributed by atoms with van der Waals surface area (Å²) in [5.41, 5.74) is 5.03. The van der Waals surface area contributed by atoms with Gasteiger partial charge in [0, 0.05) is 19.1 Å². The first-order valence-electron chi connectivity index (χ1n) is 11.1. The van der Waals surface area contributed by atoms with E-state index in [2.05, 4.69) is 114 Å². The lowest BCUT2D eigenvalue weighted by atomic mass is 9.97. The SMILES string of the molecule is COc1ccc(CN[C@@H](CNC(c2ccccc2)c2ccccc2)c2ccccc2)cc1. The highest BCUT2D eigenvalue weighted by atomic mass is 16.5. The van der Waals surface area contributed by atoms with Gasteiger partial charge in [0.2, 0.25) is 0 Å². The monoisotopic (exact) mass is 422 g/mol. The molecule has 3 heteroatoms. The zero-order chi connectivity index (χ0) is 22.0. The average Bonchev–Trinajstić information content (AvgIpc) is 2.88. The maximum absolute atomic E-state index is 5.28. The van der Waals surface area contributed by atoms with Crippen molar-refractivity contribution < 1.29 is 4.74 Å². The number of hydrogen-bond donors (Lipinski definition) is 2. The van der Waals surface area contributed by atoms with Gasteiger partial charge in [-0.15, -0.1) is 0 Å². The van der Waals surface area contributed by atoms with E-state index in [1.807, 2.05) is 12.1 Å². The van der Waals surface area contributed by atoms with Crippen LogP contribution in [-0.4, -0.2) is 13.7 Å². The van der Waals surface area contributed by atoms with Crippen LogP contribution in [0, 0.1) is 0 Å². The van der Waals surface area contributed by atoms with Crippen molar-refractivity contribution in [3.05, 3.63) is 138 Å². The molecular weight excluding hydrogens is 392 g/mol. The molecule has 1 atom stereocenters. The van der Waals surface area contributed by atoms with Crippen LogP contribution in [0.2, 0.25) is 0 Å². The summed E-state index contributed by atoms with van der Waals surface area (Å²) in [5.74, 6) is 0.878. The summed E-state index contributed by atoms with van der Waals surface area (Å²) >= 11 is 0. The van der Waals surface area contributed by atoms with Gasteiger partial charge in [-0.3, -0.25) is 0 Å². The Kier molecular flexibility index (Phi) is 7.69. The highest BCUT2D eigenvalue weighted by Crippen LogP contribution is 2.23. The molecule has 4 aromatic rings. The van der Waals surface area contributed by atoms with Crippen molar-refractivity contribution in [2.75, 3.05) is 13.7 Å². The second kappa shape index (κ2) is 11.3. The first-order valence-corrected chi connectivity index (χ1v) is 11.1. The minimum Gasteiger partial charge on any atom is -0.497 e. The van der Waals surface area contributed by atoms with Gasteiger partial charge in [0.05, 0.1) is 13.2 Å². The lowest BCUT2D eigenvalue weighted by molar-refractivity contribution is 0.414. The van der Waals surface area contributed by atoms with Crippen LogP contribution >= 0.6 is 0 Å². The Bertz CT molecular complexity index is 1010. The van der Waals surface area contributed by atoms with E-state index in [9.17, 15) is 0 Å². The lowest BCUT2D eigenvalue weighted by Crippen LogP contribution is -2.34.